The summed E-state index contributed by atoms with van der Waals surface area (Å²) in [6.07, 6.45) is 3.56. The number of rotatable bonds is 4. The highest BCUT2D eigenvalue weighted by molar-refractivity contribution is 7.07. The number of nitrogens with zero attached hydrogens (tertiary/aromatic N) is 2. The Labute approximate surface area is 211 Å². The van der Waals surface area contributed by atoms with Gasteiger partial charge in [0.1, 0.15) is 5.75 Å². The SMILES string of the molecule is COc1ccc(C2C3=C(N=c4s/c(=C\c5ccc(O)cc5)c(=O)n42)c2ccccc2CC3)cc1OC. The van der Waals surface area contributed by atoms with Gasteiger partial charge in [0.15, 0.2) is 16.3 Å². The molecule has 6 nitrogen and oxygen atoms in total. The summed E-state index contributed by atoms with van der Waals surface area (Å²) in [5, 5.41) is 9.63. The Hall–Kier alpha value is -4.10. The van der Waals surface area contributed by atoms with E-state index in [2.05, 4.69) is 18.2 Å². The van der Waals surface area contributed by atoms with Gasteiger partial charge in [-0.1, -0.05) is 53.8 Å². The van der Waals surface area contributed by atoms with Gasteiger partial charge in [0, 0.05) is 5.56 Å². The maximum atomic E-state index is 13.8. The number of aryl methyl sites for hydroxylation is 1. The van der Waals surface area contributed by atoms with Crippen LogP contribution in [-0.4, -0.2) is 23.9 Å². The third-order valence-corrected chi connectivity index (χ3v) is 7.77. The summed E-state index contributed by atoms with van der Waals surface area (Å²) in [6, 6.07) is 20.7. The maximum absolute atomic E-state index is 13.8. The Balaban J connectivity index is 1.62. The zero-order valence-corrected chi connectivity index (χ0v) is 20.7. The number of hydrogen-bond acceptors (Lipinski definition) is 6. The van der Waals surface area contributed by atoms with Gasteiger partial charge < -0.3 is 14.6 Å². The molecule has 36 heavy (non-hydrogen) atoms. The van der Waals surface area contributed by atoms with E-state index in [9.17, 15) is 9.90 Å². The number of aromatic nitrogens is 1. The summed E-state index contributed by atoms with van der Waals surface area (Å²) in [5.41, 5.74) is 6.19. The molecule has 0 amide bonds. The van der Waals surface area contributed by atoms with Crippen LogP contribution in [0.2, 0.25) is 0 Å². The van der Waals surface area contributed by atoms with Crippen LogP contribution >= 0.6 is 11.3 Å². The molecule has 2 aliphatic rings. The van der Waals surface area contributed by atoms with E-state index in [1.807, 2.05) is 34.9 Å². The van der Waals surface area contributed by atoms with Gasteiger partial charge in [-0.05, 0) is 65.4 Å². The second-order valence-electron chi connectivity index (χ2n) is 8.82. The van der Waals surface area contributed by atoms with Gasteiger partial charge in [-0.3, -0.25) is 9.36 Å². The number of aromatic hydroxyl groups is 1. The first-order valence-electron chi connectivity index (χ1n) is 11.7. The quantitative estimate of drug-likeness (QED) is 0.463. The van der Waals surface area contributed by atoms with Gasteiger partial charge in [-0.25, -0.2) is 4.99 Å². The molecule has 4 aromatic rings. The molecule has 0 fully saturated rings. The topological polar surface area (TPSA) is 73.0 Å². The van der Waals surface area contributed by atoms with Crippen molar-refractivity contribution in [1.29, 1.82) is 0 Å². The van der Waals surface area contributed by atoms with Crippen LogP contribution in [0.3, 0.4) is 0 Å². The number of phenols is 1. The number of thiazole rings is 1. The van der Waals surface area contributed by atoms with Crippen LogP contribution in [0.25, 0.3) is 11.8 Å². The lowest BCUT2D eigenvalue weighted by atomic mass is 9.83. The second kappa shape index (κ2) is 8.84. The molecular formula is C29H24N2O4S. The Morgan fingerprint density at radius 2 is 1.78 bits per heavy atom. The van der Waals surface area contributed by atoms with Crippen molar-refractivity contribution in [2.45, 2.75) is 18.9 Å². The average Bonchev–Trinajstić information content (AvgIpc) is 3.22. The first kappa shape index (κ1) is 22.4. The molecule has 7 heteroatoms. The minimum absolute atomic E-state index is 0.0861. The minimum Gasteiger partial charge on any atom is -0.508 e. The van der Waals surface area contributed by atoms with Gasteiger partial charge in [0.2, 0.25) is 0 Å². The van der Waals surface area contributed by atoms with E-state index >= 15 is 0 Å². The number of fused-ring (bicyclic) bond motifs is 3. The highest BCUT2D eigenvalue weighted by atomic mass is 32.1. The van der Waals surface area contributed by atoms with Crippen molar-refractivity contribution in [3.05, 3.63) is 114 Å². The fraction of sp³-hybridized carbons (Fsp3) is 0.172. The summed E-state index contributed by atoms with van der Waals surface area (Å²) in [7, 11) is 3.23. The van der Waals surface area contributed by atoms with E-state index in [-0.39, 0.29) is 17.4 Å². The summed E-state index contributed by atoms with van der Waals surface area (Å²) < 4.78 is 13.5. The molecule has 180 valence electrons. The van der Waals surface area contributed by atoms with Gasteiger partial charge in [-0.15, -0.1) is 0 Å². The summed E-state index contributed by atoms with van der Waals surface area (Å²) in [4.78, 5) is 19.5. The highest BCUT2D eigenvalue weighted by Gasteiger charge is 2.33. The summed E-state index contributed by atoms with van der Waals surface area (Å²) in [5.74, 6) is 1.45. The van der Waals surface area contributed by atoms with Crippen LogP contribution in [0.4, 0.5) is 0 Å². The van der Waals surface area contributed by atoms with Crippen LogP contribution in [-0.2, 0) is 6.42 Å². The normalized spacial score (nSPS) is 16.6. The molecular weight excluding hydrogens is 472 g/mol. The van der Waals surface area contributed by atoms with Crippen molar-refractivity contribution < 1.29 is 14.6 Å². The zero-order chi connectivity index (χ0) is 24.8. The molecule has 0 saturated carbocycles. The third-order valence-electron chi connectivity index (χ3n) is 6.79. The van der Waals surface area contributed by atoms with Crippen molar-refractivity contribution in [2.75, 3.05) is 14.2 Å². The molecule has 1 atom stereocenters. The van der Waals surface area contributed by atoms with Crippen molar-refractivity contribution in [1.82, 2.24) is 4.57 Å². The predicted molar refractivity (Wildman–Crippen MR) is 140 cm³/mol. The van der Waals surface area contributed by atoms with E-state index in [0.29, 0.717) is 20.8 Å². The van der Waals surface area contributed by atoms with E-state index in [1.165, 1.54) is 16.9 Å². The molecule has 0 bridgehead atoms. The molecule has 6 rings (SSSR count). The molecule has 0 saturated heterocycles. The van der Waals surface area contributed by atoms with E-state index < -0.39 is 0 Å². The standard InChI is InChI=1S/C29H24N2O4S/c1-34-23-14-10-19(16-24(23)35-2)27-22-13-9-18-5-3-4-6-21(18)26(22)30-29-31(27)28(33)25(36-29)15-17-7-11-20(32)12-8-17/h3-8,10-12,14-16,27,32H,9,13H2,1-2H3/b25-15-. The van der Waals surface area contributed by atoms with Crippen LogP contribution in [0.1, 0.15) is 34.7 Å². The van der Waals surface area contributed by atoms with E-state index in [1.54, 1.807) is 38.5 Å². The largest absolute Gasteiger partial charge is 0.508 e. The molecule has 1 aromatic heterocycles. The molecule has 1 unspecified atom stereocenters. The summed E-state index contributed by atoms with van der Waals surface area (Å²) >= 11 is 1.38. The number of benzene rings is 3. The maximum Gasteiger partial charge on any atom is 0.271 e. The molecule has 1 aliphatic heterocycles. The fourth-order valence-electron chi connectivity index (χ4n) is 5.07. The van der Waals surface area contributed by atoms with Gasteiger partial charge in [0.25, 0.3) is 5.56 Å². The number of phenolic OH excluding ortho intramolecular Hbond substituents is 1. The van der Waals surface area contributed by atoms with E-state index in [4.69, 9.17) is 14.5 Å². The van der Waals surface area contributed by atoms with Crippen LogP contribution in [0, 0.1) is 0 Å². The van der Waals surface area contributed by atoms with Crippen molar-refractivity contribution in [2.24, 2.45) is 4.99 Å². The number of allylic oxidation sites excluding steroid dienone is 1. The van der Waals surface area contributed by atoms with Crippen LogP contribution < -0.4 is 24.4 Å². The first-order valence-corrected chi connectivity index (χ1v) is 12.5. The Bertz CT molecular complexity index is 1700. The molecule has 0 radical (unpaired) electrons. The first-order chi connectivity index (χ1) is 17.6. The molecule has 1 N–H and O–H groups in total. The minimum atomic E-state index is -0.300. The number of methoxy groups -OCH3 is 2. The van der Waals surface area contributed by atoms with Crippen molar-refractivity contribution in [3.63, 3.8) is 0 Å². The number of hydrogen-bond donors (Lipinski definition) is 1. The van der Waals surface area contributed by atoms with Gasteiger partial charge in [-0.2, -0.15) is 0 Å². The molecule has 2 heterocycles. The third kappa shape index (κ3) is 3.63. The van der Waals surface area contributed by atoms with Crippen LogP contribution in [0.15, 0.2) is 82.1 Å². The fourth-order valence-corrected chi connectivity index (χ4v) is 6.07. The van der Waals surface area contributed by atoms with E-state index in [0.717, 1.165) is 40.8 Å². The highest BCUT2D eigenvalue weighted by Crippen LogP contribution is 2.42. The predicted octanol–water partition coefficient (Wildman–Crippen LogP) is 4.04. The van der Waals surface area contributed by atoms with Crippen LogP contribution in [0.5, 0.6) is 17.2 Å². The Kier molecular flexibility index (Phi) is 5.49. The molecule has 3 aromatic carbocycles. The number of ether oxygens (including phenoxy) is 2. The lowest BCUT2D eigenvalue weighted by molar-refractivity contribution is 0.354. The second-order valence-corrected chi connectivity index (χ2v) is 9.83. The van der Waals surface area contributed by atoms with Crippen molar-refractivity contribution >= 4 is 23.1 Å². The van der Waals surface area contributed by atoms with Gasteiger partial charge >= 0.3 is 0 Å². The Morgan fingerprint density at radius 3 is 2.56 bits per heavy atom. The lowest BCUT2D eigenvalue weighted by Crippen LogP contribution is -2.38. The Morgan fingerprint density at radius 1 is 1.00 bits per heavy atom. The molecule has 1 aliphatic carbocycles. The average molecular weight is 497 g/mol. The van der Waals surface area contributed by atoms with Gasteiger partial charge in [0.05, 0.1) is 30.5 Å². The zero-order valence-electron chi connectivity index (χ0n) is 19.9. The van der Waals surface area contributed by atoms with Crippen molar-refractivity contribution in [3.8, 4) is 17.2 Å². The monoisotopic (exact) mass is 496 g/mol. The summed E-state index contributed by atoms with van der Waals surface area (Å²) in [6.45, 7) is 0. The molecule has 0 spiro atoms. The smallest absolute Gasteiger partial charge is 0.271 e. The lowest BCUT2D eigenvalue weighted by Gasteiger charge is -2.31.